The third-order valence-corrected chi connectivity index (χ3v) is 2.88. The van der Waals surface area contributed by atoms with Crippen LogP contribution in [-0.2, 0) is 6.54 Å². The Balaban J connectivity index is 1.98. The summed E-state index contributed by atoms with van der Waals surface area (Å²) in [7, 11) is 0. The van der Waals surface area contributed by atoms with Gasteiger partial charge >= 0.3 is 0 Å². The Morgan fingerprint density at radius 1 is 1.26 bits per heavy atom. The molecule has 0 aliphatic carbocycles. The molecule has 2 aromatic rings. The highest BCUT2D eigenvalue weighted by atomic mass is 35.5. The number of nitrogens with zero attached hydrogens (tertiary/aromatic N) is 2. The van der Waals surface area contributed by atoms with E-state index in [1.54, 1.807) is 6.07 Å². The first-order valence-electron chi connectivity index (χ1n) is 6.21. The molecule has 0 atom stereocenters. The number of halogens is 1. The SMILES string of the molecule is CCCOc1cc(NCc2ccccc2Cl)ncn1. The zero-order valence-electron chi connectivity index (χ0n) is 10.8. The van der Waals surface area contributed by atoms with Crippen LogP contribution in [0.3, 0.4) is 0 Å². The maximum absolute atomic E-state index is 6.09. The van der Waals surface area contributed by atoms with Crippen molar-refractivity contribution in [3.63, 3.8) is 0 Å². The minimum absolute atomic E-state index is 0.582. The largest absolute Gasteiger partial charge is 0.478 e. The molecule has 0 unspecified atom stereocenters. The fraction of sp³-hybridized carbons (Fsp3) is 0.286. The van der Waals surface area contributed by atoms with Crippen LogP contribution in [0.15, 0.2) is 36.7 Å². The molecule has 0 saturated heterocycles. The number of aromatic nitrogens is 2. The van der Waals surface area contributed by atoms with E-state index in [-0.39, 0.29) is 0 Å². The predicted molar refractivity (Wildman–Crippen MR) is 76.6 cm³/mol. The molecule has 0 spiro atoms. The molecule has 0 fully saturated rings. The number of hydrogen-bond acceptors (Lipinski definition) is 4. The molecule has 1 N–H and O–H groups in total. The van der Waals surface area contributed by atoms with Gasteiger partial charge in [-0.3, -0.25) is 0 Å². The average molecular weight is 278 g/mol. The van der Waals surface area contributed by atoms with Crippen molar-refractivity contribution in [2.75, 3.05) is 11.9 Å². The molecule has 100 valence electrons. The lowest BCUT2D eigenvalue weighted by molar-refractivity contribution is 0.305. The molecular formula is C14H16ClN3O. The Labute approximate surface area is 117 Å². The number of benzene rings is 1. The molecule has 0 aliphatic heterocycles. The Kier molecular flexibility index (Phi) is 4.98. The van der Waals surface area contributed by atoms with Crippen LogP contribution >= 0.6 is 11.6 Å². The van der Waals surface area contributed by atoms with Gasteiger partial charge in [-0.25, -0.2) is 9.97 Å². The number of anilines is 1. The first-order chi connectivity index (χ1) is 9.29. The minimum Gasteiger partial charge on any atom is -0.478 e. The predicted octanol–water partition coefficient (Wildman–Crippen LogP) is 3.53. The maximum Gasteiger partial charge on any atom is 0.218 e. The van der Waals surface area contributed by atoms with Gasteiger partial charge in [0.1, 0.15) is 12.1 Å². The monoisotopic (exact) mass is 277 g/mol. The summed E-state index contributed by atoms with van der Waals surface area (Å²) in [6.07, 6.45) is 2.44. The van der Waals surface area contributed by atoms with Gasteiger partial charge in [-0.1, -0.05) is 36.7 Å². The van der Waals surface area contributed by atoms with Gasteiger partial charge in [0, 0.05) is 17.6 Å². The van der Waals surface area contributed by atoms with E-state index in [9.17, 15) is 0 Å². The molecule has 1 aromatic heterocycles. The van der Waals surface area contributed by atoms with E-state index in [4.69, 9.17) is 16.3 Å². The highest BCUT2D eigenvalue weighted by Gasteiger charge is 2.02. The van der Waals surface area contributed by atoms with E-state index in [2.05, 4.69) is 22.2 Å². The summed E-state index contributed by atoms with van der Waals surface area (Å²) in [4.78, 5) is 8.20. The van der Waals surface area contributed by atoms with Gasteiger partial charge in [0.15, 0.2) is 0 Å². The smallest absolute Gasteiger partial charge is 0.218 e. The summed E-state index contributed by atoms with van der Waals surface area (Å²) in [5, 5.41) is 3.95. The van der Waals surface area contributed by atoms with Crippen molar-refractivity contribution >= 4 is 17.4 Å². The lowest BCUT2D eigenvalue weighted by atomic mass is 10.2. The zero-order chi connectivity index (χ0) is 13.5. The van der Waals surface area contributed by atoms with Crippen molar-refractivity contribution in [1.82, 2.24) is 9.97 Å². The summed E-state index contributed by atoms with van der Waals surface area (Å²) < 4.78 is 5.45. The van der Waals surface area contributed by atoms with Crippen molar-refractivity contribution in [1.29, 1.82) is 0 Å². The molecule has 5 heteroatoms. The molecule has 2 rings (SSSR count). The molecule has 0 saturated carbocycles. The quantitative estimate of drug-likeness (QED) is 0.877. The highest BCUT2D eigenvalue weighted by molar-refractivity contribution is 6.31. The Hall–Kier alpha value is -1.81. The molecular weight excluding hydrogens is 262 g/mol. The van der Waals surface area contributed by atoms with Crippen LogP contribution in [0.4, 0.5) is 5.82 Å². The van der Waals surface area contributed by atoms with Crippen molar-refractivity contribution in [3.05, 3.63) is 47.2 Å². The van der Waals surface area contributed by atoms with Crippen LogP contribution in [0.2, 0.25) is 5.02 Å². The molecule has 0 radical (unpaired) electrons. The second-order valence-electron chi connectivity index (χ2n) is 4.03. The number of nitrogens with one attached hydrogen (secondary N) is 1. The molecule has 1 heterocycles. The molecule has 4 nitrogen and oxygen atoms in total. The lowest BCUT2D eigenvalue weighted by Crippen LogP contribution is -2.04. The van der Waals surface area contributed by atoms with Crippen molar-refractivity contribution in [2.24, 2.45) is 0 Å². The molecule has 1 aromatic carbocycles. The van der Waals surface area contributed by atoms with Crippen molar-refractivity contribution in [2.45, 2.75) is 19.9 Å². The zero-order valence-corrected chi connectivity index (χ0v) is 11.5. The van der Waals surface area contributed by atoms with Crippen LogP contribution in [0.25, 0.3) is 0 Å². The first-order valence-corrected chi connectivity index (χ1v) is 6.59. The van der Waals surface area contributed by atoms with E-state index < -0.39 is 0 Å². The van der Waals surface area contributed by atoms with Gasteiger partial charge in [-0.05, 0) is 18.1 Å². The Morgan fingerprint density at radius 3 is 2.89 bits per heavy atom. The number of rotatable bonds is 6. The van der Waals surface area contributed by atoms with Crippen molar-refractivity contribution in [3.8, 4) is 5.88 Å². The fourth-order valence-corrected chi connectivity index (χ4v) is 1.75. The van der Waals surface area contributed by atoms with Crippen molar-refractivity contribution < 1.29 is 4.74 Å². The number of ether oxygens (including phenoxy) is 1. The van der Waals surface area contributed by atoms with Crippen LogP contribution in [0.1, 0.15) is 18.9 Å². The van der Waals surface area contributed by atoms with E-state index in [0.29, 0.717) is 19.0 Å². The Bertz CT molecular complexity index is 534. The molecule has 0 amide bonds. The second-order valence-corrected chi connectivity index (χ2v) is 4.44. The van der Waals surface area contributed by atoms with E-state index in [0.717, 1.165) is 22.8 Å². The maximum atomic E-state index is 6.09. The molecule has 0 bridgehead atoms. The standard InChI is InChI=1S/C14H16ClN3O/c1-2-7-19-14-8-13(17-10-18-14)16-9-11-5-3-4-6-12(11)15/h3-6,8,10H,2,7,9H2,1H3,(H,16,17,18). The number of hydrogen-bond donors (Lipinski definition) is 1. The minimum atomic E-state index is 0.582. The topological polar surface area (TPSA) is 47.0 Å². The van der Waals surface area contributed by atoms with E-state index in [1.165, 1.54) is 6.33 Å². The summed E-state index contributed by atoms with van der Waals surface area (Å²) in [6, 6.07) is 9.50. The van der Waals surface area contributed by atoms with Gasteiger partial charge in [0.25, 0.3) is 0 Å². The van der Waals surface area contributed by atoms with E-state index in [1.807, 2.05) is 24.3 Å². The summed E-state index contributed by atoms with van der Waals surface area (Å²) >= 11 is 6.09. The normalized spacial score (nSPS) is 10.2. The van der Waals surface area contributed by atoms with Crippen LogP contribution < -0.4 is 10.1 Å². The van der Waals surface area contributed by atoms with Gasteiger partial charge in [0.2, 0.25) is 5.88 Å². The third kappa shape index (κ3) is 4.10. The third-order valence-electron chi connectivity index (χ3n) is 2.51. The van der Waals surface area contributed by atoms with Crippen LogP contribution in [0, 0.1) is 0 Å². The first kappa shape index (κ1) is 13.6. The molecule has 19 heavy (non-hydrogen) atoms. The summed E-state index contributed by atoms with van der Waals surface area (Å²) in [5.74, 6) is 1.31. The average Bonchev–Trinajstić information content (AvgIpc) is 2.45. The van der Waals surface area contributed by atoms with Gasteiger partial charge < -0.3 is 10.1 Å². The highest BCUT2D eigenvalue weighted by Crippen LogP contribution is 2.17. The summed E-state index contributed by atoms with van der Waals surface area (Å²) in [6.45, 7) is 3.32. The fourth-order valence-electron chi connectivity index (χ4n) is 1.55. The van der Waals surface area contributed by atoms with Crippen LogP contribution in [-0.4, -0.2) is 16.6 Å². The summed E-state index contributed by atoms with van der Waals surface area (Å²) in [5.41, 5.74) is 1.03. The lowest BCUT2D eigenvalue weighted by Gasteiger charge is -2.08. The van der Waals surface area contributed by atoms with Gasteiger partial charge in [-0.15, -0.1) is 0 Å². The van der Waals surface area contributed by atoms with Crippen LogP contribution in [0.5, 0.6) is 5.88 Å². The molecule has 0 aliphatic rings. The Morgan fingerprint density at radius 2 is 2.11 bits per heavy atom. The second kappa shape index (κ2) is 6.95. The van der Waals surface area contributed by atoms with E-state index >= 15 is 0 Å². The van der Waals surface area contributed by atoms with Gasteiger partial charge in [0.05, 0.1) is 6.61 Å². The van der Waals surface area contributed by atoms with Gasteiger partial charge in [-0.2, -0.15) is 0 Å².